The molecule has 0 aliphatic heterocycles. The molecule has 5 nitrogen and oxygen atoms in total. The molecule has 0 radical (unpaired) electrons. The van der Waals surface area contributed by atoms with Gasteiger partial charge in [-0.2, -0.15) is 0 Å². The number of hydrogen-bond acceptors (Lipinski definition) is 4. The molecule has 0 saturated carbocycles. The van der Waals surface area contributed by atoms with Gasteiger partial charge in [-0.1, -0.05) is 42.1 Å². The van der Waals surface area contributed by atoms with Crippen LogP contribution in [0.5, 0.6) is 0 Å². The lowest BCUT2D eigenvalue weighted by atomic mass is 10.1. The number of thioether (sulfide) groups is 1. The van der Waals surface area contributed by atoms with Crippen LogP contribution in [0.4, 0.5) is 0 Å². The summed E-state index contributed by atoms with van der Waals surface area (Å²) >= 11 is 0.855. The Morgan fingerprint density at radius 3 is 2.42 bits per heavy atom. The first-order valence-corrected chi connectivity index (χ1v) is 6.67. The first kappa shape index (κ1) is 15.2. The number of carboxylic acids is 1. The molecule has 0 bridgehead atoms. The fourth-order valence-electron chi connectivity index (χ4n) is 1.45. The SMILES string of the molecule is CC(=O)SCC(=O)N[C@H](Cc1ccccc1)C(=O)O. The topological polar surface area (TPSA) is 83.5 Å². The van der Waals surface area contributed by atoms with Crippen LogP contribution >= 0.6 is 11.8 Å². The van der Waals surface area contributed by atoms with Crippen molar-refractivity contribution < 1.29 is 19.5 Å². The zero-order valence-electron chi connectivity index (χ0n) is 10.5. The van der Waals surface area contributed by atoms with E-state index < -0.39 is 17.9 Å². The van der Waals surface area contributed by atoms with Crippen LogP contribution in [0.1, 0.15) is 12.5 Å². The molecule has 1 rings (SSSR count). The van der Waals surface area contributed by atoms with Gasteiger partial charge in [-0.15, -0.1) is 0 Å². The molecular formula is C13H15NO4S. The fraction of sp³-hybridized carbons (Fsp3) is 0.308. The summed E-state index contributed by atoms with van der Waals surface area (Å²) in [7, 11) is 0. The largest absolute Gasteiger partial charge is 0.480 e. The lowest BCUT2D eigenvalue weighted by Gasteiger charge is -2.14. The highest BCUT2D eigenvalue weighted by atomic mass is 32.2. The molecule has 0 unspecified atom stereocenters. The van der Waals surface area contributed by atoms with Crippen molar-refractivity contribution in [3.8, 4) is 0 Å². The molecular weight excluding hydrogens is 266 g/mol. The molecule has 102 valence electrons. The van der Waals surface area contributed by atoms with E-state index in [0.29, 0.717) is 0 Å². The number of nitrogens with one attached hydrogen (secondary N) is 1. The Bertz CT molecular complexity index is 461. The Balaban J connectivity index is 2.56. The normalized spacial score (nSPS) is 11.6. The van der Waals surface area contributed by atoms with Gasteiger partial charge < -0.3 is 10.4 Å². The molecule has 0 saturated heterocycles. The van der Waals surface area contributed by atoms with E-state index in [1.807, 2.05) is 18.2 Å². The molecule has 6 heteroatoms. The Hall–Kier alpha value is -1.82. The summed E-state index contributed by atoms with van der Waals surface area (Å²) in [4.78, 5) is 33.3. The molecule has 0 fully saturated rings. The summed E-state index contributed by atoms with van der Waals surface area (Å²) in [6, 6.07) is 8.06. The number of rotatable bonds is 6. The Kier molecular flexibility index (Phi) is 6.08. The van der Waals surface area contributed by atoms with Crippen LogP contribution < -0.4 is 5.32 Å². The van der Waals surface area contributed by atoms with E-state index in [1.165, 1.54) is 6.92 Å². The minimum atomic E-state index is -1.09. The maximum absolute atomic E-state index is 11.5. The Labute approximate surface area is 115 Å². The molecule has 19 heavy (non-hydrogen) atoms. The van der Waals surface area contributed by atoms with Crippen LogP contribution in [-0.2, 0) is 20.8 Å². The second-order valence-corrected chi connectivity index (χ2v) is 5.08. The summed E-state index contributed by atoms with van der Waals surface area (Å²) < 4.78 is 0. The highest BCUT2D eigenvalue weighted by molar-refractivity contribution is 8.14. The highest BCUT2D eigenvalue weighted by Crippen LogP contribution is 2.05. The van der Waals surface area contributed by atoms with E-state index in [9.17, 15) is 14.4 Å². The van der Waals surface area contributed by atoms with E-state index in [0.717, 1.165) is 17.3 Å². The zero-order chi connectivity index (χ0) is 14.3. The summed E-state index contributed by atoms with van der Waals surface area (Å²) in [5.74, 6) is -1.61. The van der Waals surface area contributed by atoms with Gasteiger partial charge in [0.25, 0.3) is 0 Å². The molecule has 0 aliphatic carbocycles. The third kappa shape index (κ3) is 6.05. The van der Waals surface area contributed by atoms with Crippen molar-refractivity contribution in [2.24, 2.45) is 0 Å². The van der Waals surface area contributed by atoms with Gasteiger partial charge in [-0.25, -0.2) is 4.79 Å². The summed E-state index contributed by atoms with van der Waals surface area (Å²) in [6.07, 6.45) is 0.215. The van der Waals surface area contributed by atoms with Crippen LogP contribution in [0.2, 0.25) is 0 Å². The van der Waals surface area contributed by atoms with Crippen LogP contribution in [0.25, 0.3) is 0 Å². The molecule has 1 aromatic rings. The van der Waals surface area contributed by atoms with Gasteiger partial charge in [-0.3, -0.25) is 9.59 Å². The molecule has 0 aliphatic rings. The standard InChI is InChI=1S/C13H15NO4S/c1-9(15)19-8-12(16)14-11(13(17)18)7-10-5-3-2-4-6-10/h2-6,11H,7-8H2,1H3,(H,14,16)(H,17,18)/t11-/m1/s1. The van der Waals surface area contributed by atoms with Crippen molar-refractivity contribution in [1.29, 1.82) is 0 Å². The average Bonchev–Trinajstić information content (AvgIpc) is 2.36. The number of carbonyl (C=O) groups excluding carboxylic acids is 2. The monoisotopic (exact) mass is 281 g/mol. The molecule has 1 amide bonds. The van der Waals surface area contributed by atoms with Gasteiger partial charge in [0, 0.05) is 13.3 Å². The van der Waals surface area contributed by atoms with E-state index in [-0.39, 0.29) is 17.3 Å². The number of hydrogen-bond donors (Lipinski definition) is 2. The van der Waals surface area contributed by atoms with Crippen molar-refractivity contribution >= 4 is 28.8 Å². The first-order valence-electron chi connectivity index (χ1n) is 5.68. The molecule has 0 heterocycles. The molecule has 1 aromatic carbocycles. The third-order valence-corrected chi connectivity index (χ3v) is 3.14. The van der Waals surface area contributed by atoms with E-state index in [2.05, 4.69) is 5.32 Å². The van der Waals surface area contributed by atoms with E-state index in [4.69, 9.17) is 5.11 Å². The Morgan fingerprint density at radius 1 is 1.26 bits per heavy atom. The zero-order valence-corrected chi connectivity index (χ0v) is 11.3. The number of amides is 1. The summed E-state index contributed by atoms with van der Waals surface area (Å²) in [6.45, 7) is 1.36. The van der Waals surface area contributed by atoms with Gasteiger partial charge in [-0.05, 0) is 5.56 Å². The summed E-state index contributed by atoms with van der Waals surface area (Å²) in [5, 5.41) is 11.3. The quantitative estimate of drug-likeness (QED) is 0.815. The van der Waals surface area contributed by atoms with Crippen molar-refractivity contribution in [1.82, 2.24) is 5.32 Å². The first-order chi connectivity index (χ1) is 8.99. The fourth-order valence-corrected chi connectivity index (χ4v) is 1.87. The van der Waals surface area contributed by atoms with E-state index in [1.54, 1.807) is 12.1 Å². The lowest BCUT2D eigenvalue weighted by Crippen LogP contribution is -2.43. The van der Waals surface area contributed by atoms with Gasteiger partial charge in [0.15, 0.2) is 5.12 Å². The predicted molar refractivity (Wildman–Crippen MR) is 72.9 cm³/mol. The maximum atomic E-state index is 11.5. The van der Waals surface area contributed by atoms with E-state index >= 15 is 0 Å². The maximum Gasteiger partial charge on any atom is 0.326 e. The molecule has 1 atom stereocenters. The van der Waals surface area contributed by atoms with Crippen LogP contribution in [0, 0.1) is 0 Å². The minimum absolute atomic E-state index is 0.0616. The van der Waals surface area contributed by atoms with Crippen molar-refractivity contribution in [2.45, 2.75) is 19.4 Å². The Morgan fingerprint density at radius 2 is 1.89 bits per heavy atom. The van der Waals surface area contributed by atoms with Gasteiger partial charge >= 0.3 is 5.97 Å². The number of aliphatic carboxylic acids is 1. The summed E-state index contributed by atoms with van der Waals surface area (Å²) in [5.41, 5.74) is 0.828. The van der Waals surface area contributed by atoms with Crippen molar-refractivity contribution in [3.63, 3.8) is 0 Å². The van der Waals surface area contributed by atoms with Gasteiger partial charge in [0.1, 0.15) is 6.04 Å². The van der Waals surface area contributed by atoms with Crippen LogP contribution in [-0.4, -0.2) is 33.9 Å². The second kappa shape index (κ2) is 7.58. The number of carboxylic acid groups (broad SMARTS) is 1. The molecule has 0 spiro atoms. The average molecular weight is 281 g/mol. The minimum Gasteiger partial charge on any atom is -0.480 e. The smallest absolute Gasteiger partial charge is 0.326 e. The number of benzene rings is 1. The van der Waals surface area contributed by atoms with Gasteiger partial charge in [0.2, 0.25) is 5.91 Å². The molecule has 2 N–H and O–H groups in total. The second-order valence-electron chi connectivity index (χ2n) is 3.93. The lowest BCUT2D eigenvalue weighted by molar-refractivity contribution is -0.141. The van der Waals surface area contributed by atoms with Crippen LogP contribution in [0.15, 0.2) is 30.3 Å². The van der Waals surface area contributed by atoms with Crippen LogP contribution in [0.3, 0.4) is 0 Å². The predicted octanol–water partition coefficient (Wildman–Crippen LogP) is 1.08. The number of carbonyl (C=O) groups is 3. The van der Waals surface area contributed by atoms with Crippen molar-refractivity contribution in [3.05, 3.63) is 35.9 Å². The van der Waals surface area contributed by atoms with Crippen molar-refractivity contribution in [2.75, 3.05) is 5.75 Å². The third-order valence-electron chi connectivity index (χ3n) is 2.32. The van der Waals surface area contributed by atoms with Gasteiger partial charge in [0.05, 0.1) is 5.75 Å². The molecule has 0 aromatic heterocycles. The highest BCUT2D eigenvalue weighted by Gasteiger charge is 2.20.